The standard InChI is InChI=1S/C8H19N3O/c1-7(11(3)4)5-10-6-8(12)9-2/h7,10H,5-6H2,1-4H3,(H,9,12). The van der Waals surface area contributed by atoms with Gasteiger partial charge < -0.3 is 15.5 Å². The Bertz CT molecular complexity index is 136. The molecule has 0 bridgehead atoms. The van der Waals surface area contributed by atoms with Crippen molar-refractivity contribution in [1.82, 2.24) is 15.5 Å². The molecule has 1 amide bonds. The molecule has 0 aromatic carbocycles. The van der Waals surface area contributed by atoms with Crippen molar-refractivity contribution in [1.29, 1.82) is 0 Å². The highest BCUT2D eigenvalue weighted by Crippen LogP contribution is 1.87. The van der Waals surface area contributed by atoms with Crippen LogP contribution >= 0.6 is 0 Å². The van der Waals surface area contributed by atoms with E-state index < -0.39 is 0 Å². The maximum Gasteiger partial charge on any atom is 0.233 e. The average Bonchev–Trinajstić information content (AvgIpc) is 2.03. The monoisotopic (exact) mass is 173 g/mol. The Labute approximate surface area is 74.3 Å². The molecule has 0 radical (unpaired) electrons. The molecule has 12 heavy (non-hydrogen) atoms. The number of carbonyl (C=O) groups excluding carboxylic acids is 1. The van der Waals surface area contributed by atoms with Crippen LogP contribution in [0.3, 0.4) is 0 Å². The fourth-order valence-corrected chi connectivity index (χ4v) is 0.666. The van der Waals surface area contributed by atoms with Crippen LogP contribution in [-0.4, -0.2) is 51.1 Å². The summed E-state index contributed by atoms with van der Waals surface area (Å²) in [5.41, 5.74) is 0. The first kappa shape index (κ1) is 11.4. The van der Waals surface area contributed by atoms with Gasteiger partial charge in [0.1, 0.15) is 0 Å². The minimum atomic E-state index is 0.0287. The summed E-state index contributed by atoms with van der Waals surface area (Å²) in [6, 6.07) is 0.453. The van der Waals surface area contributed by atoms with Crippen molar-refractivity contribution in [2.75, 3.05) is 34.2 Å². The number of nitrogens with zero attached hydrogens (tertiary/aromatic N) is 1. The third-order valence-electron chi connectivity index (χ3n) is 1.89. The van der Waals surface area contributed by atoms with Gasteiger partial charge in [0.05, 0.1) is 6.54 Å². The van der Waals surface area contributed by atoms with Crippen molar-refractivity contribution in [3.05, 3.63) is 0 Å². The van der Waals surface area contributed by atoms with Crippen LogP contribution in [-0.2, 0) is 4.79 Å². The molecular weight excluding hydrogens is 154 g/mol. The van der Waals surface area contributed by atoms with Crippen LogP contribution in [0.4, 0.5) is 0 Å². The van der Waals surface area contributed by atoms with Crippen LogP contribution in [0.2, 0.25) is 0 Å². The third kappa shape index (κ3) is 5.09. The van der Waals surface area contributed by atoms with E-state index in [0.29, 0.717) is 12.6 Å². The molecule has 0 aliphatic carbocycles. The summed E-state index contributed by atoms with van der Waals surface area (Å²) in [4.78, 5) is 12.9. The van der Waals surface area contributed by atoms with Gasteiger partial charge in [-0.3, -0.25) is 4.79 Å². The normalized spacial score (nSPS) is 13.1. The molecule has 0 rings (SSSR count). The van der Waals surface area contributed by atoms with E-state index >= 15 is 0 Å². The predicted molar refractivity (Wildman–Crippen MR) is 50.1 cm³/mol. The Morgan fingerprint density at radius 2 is 2.08 bits per heavy atom. The van der Waals surface area contributed by atoms with E-state index in [1.54, 1.807) is 7.05 Å². The zero-order valence-electron chi connectivity index (χ0n) is 8.35. The SMILES string of the molecule is CNC(=O)CNCC(C)N(C)C. The van der Waals surface area contributed by atoms with E-state index in [2.05, 4.69) is 22.5 Å². The van der Waals surface area contributed by atoms with Gasteiger partial charge in [-0.2, -0.15) is 0 Å². The summed E-state index contributed by atoms with van der Waals surface area (Å²) in [6.45, 7) is 3.34. The Kier molecular flexibility index (Phi) is 5.66. The molecule has 0 aliphatic heterocycles. The molecule has 0 aromatic rings. The lowest BCUT2D eigenvalue weighted by atomic mass is 10.3. The summed E-state index contributed by atoms with van der Waals surface area (Å²) in [7, 11) is 5.68. The molecule has 72 valence electrons. The molecule has 4 heteroatoms. The zero-order valence-corrected chi connectivity index (χ0v) is 8.35. The molecular formula is C8H19N3O. The number of nitrogens with one attached hydrogen (secondary N) is 2. The third-order valence-corrected chi connectivity index (χ3v) is 1.89. The molecule has 0 aromatic heterocycles. The van der Waals surface area contributed by atoms with Crippen molar-refractivity contribution in [3.8, 4) is 0 Å². The summed E-state index contributed by atoms with van der Waals surface area (Å²) >= 11 is 0. The summed E-state index contributed by atoms with van der Waals surface area (Å²) in [6.07, 6.45) is 0. The van der Waals surface area contributed by atoms with Gasteiger partial charge in [0, 0.05) is 19.6 Å². The zero-order chi connectivity index (χ0) is 9.56. The van der Waals surface area contributed by atoms with Gasteiger partial charge in [-0.05, 0) is 21.0 Å². The van der Waals surface area contributed by atoms with Crippen LogP contribution in [0.5, 0.6) is 0 Å². The fourth-order valence-electron chi connectivity index (χ4n) is 0.666. The lowest BCUT2D eigenvalue weighted by Crippen LogP contribution is -2.39. The van der Waals surface area contributed by atoms with Crippen molar-refractivity contribution in [2.24, 2.45) is 0 Å². The van der Waals surface area contributed by atoms with Crippen LogP contribution in [0.15, 0.2) is 0 Å². The summed E-state index contributed by atoms with van der Waals surface area (Å²) < 4.78 is 0. The number of hydrogen-bond acceptors (Lipinski definition) is 3. The minimum Gasteiger partial charge on any atom is -0.358 e. The molecule has 1 atom stereocenters. The minimum absolute atomic E-state index is 0.0287. The van der Waals surface area contributed by atoms with E-state index in [9.17, 15) is 4.79 Å². The lowest BCUT2D eigenvalue weighted by molar-refractivity contribution is -0.119. The number of rotatable bonds is 5. The lowest BCUT2D eigenvalue weighted by Gasteiger charge is -2.19. The molecule has 2 N–H and O–H groups in total. The Morgan fingerprint density at radius 3 is 2.50 bits per heavy atom. The quantitative estimate of drug-likeness (QED) is 0.576. The van der Waals surface area contributed by atoms with E-state index in [-0.39, 0.29) is 5.91 Å². The molecule has 1 unspecified atom stereocenters. The first-order valence-electron chi connectivity index (χ1n) is 4.15. The molecule has 0 aliphatic rings. The van der Waals surface area contributed by atoms with Gasteiger partial charge in [-0.15, -0.1) is 0 Å². The Balaban J connectivity index is 3.37. The molecule has 0 fully saturated rings. The number of carbonyl (C=O) groups is 1. The van der Waals surface area contributed by atoms with Crippen LogP contribution < -0.4 is 10.6 Å². The molecule has 0 saturated heterocycles. The van der Waals surface area contributed by atoms with Gasteiger partial charge in [-0.25, -0.2) is 0 Å². The second-order valence-corrected chi connectivity index (χ2v) is 3.12. The summed E-state index contributed by atoms with van der Waals surface area (Å²) in [5, 5.41) is 5.62. The second kappa shape index (κ2) is 5.97. The highest BCUT2D eigenvalue weighted by atomic mass is 16.1. The predicted octanol–water partition coefficient (Wildman–Crippen LogP) is -0.728. The van der Waals surface area contributed by atoms with E-state index in [1.165, 1.54) is 0 Å². The first-order chi connectivity index (χ1) is 5.57. The van der Waals surface area contributed by atoms with Crippen LogP contribution in [0.1, 0.15) is 6.92 Å². The van der Waals surface area contributed by atoms with Crippen LogP contribution in [0, 0.1) is 0 Å². The van der Waals surface area contributed by atoms with Gasteiger partial charge in [0.25, 0.3) is 0 Å². The van der Waals surface area contributed by atoms with E-state index in [4.69, 9.17) is 0 Å². The van der Waals surface area contributed by atoms with Crippen molar-refractivity contribution >= 4 is 5.91 Å². The molecule has 4 nitrogen and oxygen atoms in total. The highest BCUT2D eigenvalue weighted by Gasteiger charge is 2.03. The van der Waals surface area contributed by atoms with E-state index in [0.717, 1.165) is 6.54 Å². The Hall–Kier alpha value is -0.610. The maximum atomic E-state index is 10.8. The van der Waals surface area contributed by atoms with Crippen molar-refractivity contribution < 1.29 is 4.79 Å². The van der Waals surface area contributed by atoms with Crippen molar-refractivity contribution in [2.45, 2.75) is 13.0 Å². The largest absolute Gasteiger partial charge is 0.358 e. The summed E-state index contributed by atoms with van der Waals surface area (Å²) in [5.74, 6) is 0.0287. The topological polar surface area (TPSA) is 44.4 Å². The smallest absolute Gasteiger partial charge is 0.233 e. The first-order valence-corrected chi connectivity index (χ1v) is 4.15. The van der Waals surface area contributed by atoms with Gasteiger partial charge in [0.2, 0.25) is 5.91 Å². The van der Waals surface area contributed by atoms with Gasteiger partial charge in [-0.1, -0.05) is 0 Å². The molecule has 0 heterocycles. The number of hydrogen-bond donors (Lipinski definition) is 2. The molecule has 0 saturated carbocycles. The van der Waals surface area contributed by atoms with Gasteiger partial charge >= 0.3 is 0 Å². The van der Waals surface area contributed by atoms with E-state index in [1.807, 2.05) is 14.1 Å². The van der Waals surface area contributed by atoms with Gasteiger partial charge in [0.15, 0.2) is 0 Å². The van der Waals surface area contributed by atoms with Crippen LogP contribution in [0.25, 0.3) is 0 Å². The maximum absolute atomic E-state index is 10.8. The number of likely N-dealkylation sites (N-methyl/N-ethyl adjacent to an activating group) is 2. The molecule has 0 spiro atoms. The second-order valence-electron chi connectivity index (χ2n) is 3.12. The Morgan fingerprint density at radius 1 is 1.50 bits per heavy atom. The van der Waals surface area contributed by atoms with Crippen molar-refractivity contribution in [3.63, 3.8) is 0 Å². The fraction of sp³-hybridized carbons (Fsp3) is 0.875. The highest BCUT2D eigenvalue weighted by molar-refractivity contribution is 5.77. The number of amides is 1. The average molecular weight is 173 g/mol.